The molecule has 0 heterocycles. The van der Waals surface area contributed by atoms with Gasteiger partial charge in [0.1, 0.15) is 11.4 Å². The van der Waals surface area contributed by atoms with Crippen LogP contribution >= 0.6 is 27.5 Å². The van der Waals surface area contributed by atoms with Crippen LogP contribution in [0.15, 0.2) is 46.9 Å². The average Bonchev–Trinajstić information content (AvgIpc) is 2.38. The van der Waals surface area contributed by atoms with Crippen molar-refractivity contribution in [3.63, 3.8) is 0 Å². The molecule has 0 aromatic heterocycles. The molecule has 0 spiro atoms. The number of benzene rings is 2. The molecule has 2 rings (SSSR count). The van der Waals surface area contributed by atoms with Crippen molar-refractivity contribution in [1.82, 2.24) is 0 Å². The van der Waals surface area contributed by atoms with Gasteiger partial charge in [0, 0.05) is 20.7 Å². The summed E-state index contributed by atoms with van der Waals surface area (Å²) < 4.78 is 14.8. The van der Waals surface area contributed by atoms with E-state index in [2.05, 4.69) is 21.2 Å². The summed E-state index contributed by atoms with van der Waals surface area (Å²) in [7, 11) is 0. The summed E-state index contributed by atoms with van der Waals surface area (Å²) in [6.07, 6.45) is 0. The van der Waals surface area contributed by atoms with Crippen LogP contribution in [-0.2, 0) is 10.3 Å². The first-order valence-electron chi connectivity index (χ1n) is 6.12. The number of amides is 1. The number of nitrogens with one attached hydrogen (secondary N) is 1. The largest absolute Gasteiger partial charge is 0.368 e. The highest BCUT2D eigenvalue weighted by molar-refractivity contribution is 9.10. The van der Waals surface area contributed by atoms with Crippen LogP contribution in [0.4, 0.5) is 10.1 Å². The molecule has 21 heavy (non-hydrogen) atoms. The van der Waals surface area contributed by atoms with E-state index >= 15 is 0 Å². The quantitative estimate of drug-likeness (QED) is 0.852. The predicted molar refractivity (Wildman–Crippen MR) is 85.7 cm³/mol. The van der Waals surface area contributed by atoms with Crippen LogP contribution in [-0.4, -0.2) is 5.91 Å². The number of anilines is 1. The normalized spacial score (nSPS) is 13.5. The molecule has 0 saturated carbocycles. The van der Waals surface area contributed by atoms with Crippen LogP contribution in [0.5, 0.6) is 0 Å². The molecule has 2 aromatic carbocycles. The summed E-state index contributed by atoms with van der Waals surface area (Å²) in [4.78, 5) is 11.9. The molecule has 1 unspecified atom stereocenters. The zero-order valence-electron chi connectivity index (χ0n) is 11.2. The SMILES string of the molecule is CC(Nc1cccc(Cl)c1)(C(N)=O)c1ccc(Br)cc1F. The Labute approximate surface area is 135 Å². The summed E-state index contributed by atoms with van der Waals surface area (Å²) in [5.74, 6) is -1.22. The first-order valence-corrected chi connectivity index (χ1v) is 7.29. The Morgan fingerprint density at radius 3 is 2.62 bits per heavy atom. The molecule has 3 N–H and O–H groups in total. The lowest BCUT2D eigenvalue weighted by atomic mass is 9.90. The number of primary amides is 1. The minimum Gasteiger partial charge on any atom is -0.368 e. The van der Waals surface area contributed by atoms with Crippen molar-refractivity contribution in [2.45, 2.75) is 12.5 Å². The van der Waals surface area contributed by atoms with Gasteiger partial charge in [-0.25, -0.2) is 4.39 Å². The Morgan fingerprint density at radius 2 is 2.05 bits per heavy atom. The van der Waals surface area contributed by atoms with E-state index in [0.717, 1.165) is 0 Å². The molecular weight excluding hydrogens is 359 g/mol. The number of carbonyl (C=O) groups is 1. The third kappa shape index (κ3) is 3.36. The van der Waals surface area contributed by atoms with Crippen molar-refractivity contribution in [3.05, 3.63) is 63.3 Å². The number of rotatable bonds is 4. The van der Waals surface area contributed by atoms with Crippen LogP contribution in [0, 0.1) is 5.82 Å². The second-order valence-corrected chi connectivity index (χ2v) is 6.10. The fourth-order valence-corrected chi connectivity index (χ4v) is 2.53. The van der Waals surface area contributed by atoms with Crippen molar-refractivity contribution in [3.8, 4) is 0 Å². The summed E-state index contributed by atoms with van der Waals surface area (Å²) in [5.41, 5.74) is 4.83. The van der Waals surface area contributed by atoms with Gasteiger partial charge < -0.3 is 11.1 Å². The summed E-state index contributed by atoms with van der Waals surface area (Å²) >= 11 is 9.10. The predicted octanol–water partition coefficient (Wildman–Crippen LogP) is 4.05. The van der Waals surface area contributed by atoms with Crippen molar-refractivity contribution in [2.75, 3.05) is 5.32 Å². The first-order chi connectivity index (χ1) is 9.83. The maximum atomic E-state index is 14.2. The second kappa shape index (κ2) is 6.03. The zero-order valence-corrected chi connectivity index (χ0v) is 13.5. The Balaban J connectivity index is 2.48. The fraction of sp³-hybridized carbons (Fsp3) is 0.133. The molecule has 1 atom stereocenters. The molecule has 0 bridgehead atoms. The maximum Gasteiger partial charge on any atom is 0.247 e. The van der Waals surface area contributed by atoms with E-state index < -0.39 is 17.3 Å². The fourth-order valence-electron chi connectivity index (χ4n) is 2.01. The van der Waals surface area contributed by atoms with Gasteiger partial charge in [-0.15, -0.1) is 0 Å². The van der Waals surface area contributed by atoms with Gasteiger partial charge in [-0.1, -0.05) is 39.7 Å². The lowest BCUT2D eigenvalue weighted by Crippen LogP contribution is -2.45. The molecule has 0 aliphatic carbocycles. The van der Waals surface area contributed by atoms with Crippen LogP contribution < -0.4 is 11.1 Å². The number of hydrogen-bond acceptors (Lipinski definition) is 2. The Morgan fingerprint density at radius 1 is 1.33 bits per heavy atom. The summed E-state index contributed by atoms with van der Waals surface area (Å²) in [6.45, 7) is 1.53. The van der Waals surface area contributed by atoms with Crippen molar-refractivity contribution >= 4 is 39.1 Å². The van der Waals surface area contributed by atoms with Crippen molar-refractivity contribution in [2.24, 2.45) is 5.73 Å². The summed E-state index contributed by atoms with van der Waals surface area (Å²) in [6, 6.07) is 11.2. The minimum absolute atomic E-state index is 0.165. The van der Waals surface area contributed by atoms with Gasteiger partial charge >= 0.3 is 0 Å². The highest BCUT2D eigenvalue weighted by atomic mass is 79.9. The maximum absolute atomic E-state index is 14.2. The van der Waals surface area contributed by atoms with E-state index in [9.17, 15) is 9.18 Å². The van der Waals surface area contributed by atoms with Crippen LogP contribution in [0.2, 0.25) is 5.02 Å². The zero-order chi connectivity index (χ0) is 15.6. The van der Waals surface area contributed by atoms with Crippen molar-refractivity contribution in [1.29, 1.82) is 0 Å². The molecule has 1 amide bonds. The number of halogens is 3. The Hall–Kier alpha value is -1.59. The Kier molecular flexibility index (Phi) is 4.54. The first kappa shape index (κ1) is 15.8. The average molecular weight is 372 g/mol. The van der Waals surface area contributed by atoms with Gasteiger partial charge in [0.2, 0.25) is 5.91 Å². The monoisotopic (exact) mass is 370 g/mol. The third-order valence-corrected chi connectivity index (χ3v) is 3.91. The molecule has 0 saturated heterocycles. The topological polar surface area (TPSA) is 55.1 Å². The van der Waals surface area contributed by atoms with Gasteiger partial charge in [-0.05, 0) is 37.3 Å². The molecule has 0 radical (unpaired) electrons. The summed E-state index contributed by atoms with van der Waals surface area (Å²) in [5, 5.41) is 3.46. The molecule has 6 heteroatoms. The Bertz CT molecular complexity index is 695. The van der Waals surface area contributed by atoms with Crippen LogP contribution in [0.3, 0.4) is 0 Å². The van der Waals surface area contributed by atoms with Gasteiger partial charge in [0.25, 0.3) is 0 Å². The van der Waals surface area contributed by atoms with Gasteiger partial charge in [0.05, 0.1) is 0 Å². The molecular formula is C15H13BrClFN2O. The standard InChI is InChI=1S/C15H13BrClFN2O/c1-15(14(19)21,12-6-5-9(16)7-13(12)18)20-11-4-2-3-10(17)8-11/h2-8,20H,1H3,(H2,19,21). The number of carbonyl (C=O) groups excluding carboxylic acids is 1. The molecule has 0 aliphatic rings. The van der Waals surface area contributed by atoms with Crippen LogP contribution in [0.1, 0.15) is 12.5 Å². The molecule has 0 fully saturated rings. The highest BCUT2D eigenvalue weighted by Gasteiger charge is 2.35. The van der Waals surface area contributed by atoms with Gasteiger partial charge in [-0.3, -0.25) is 4.79 Å². The second-order valence-electron chi connectivity index (χ2n) is 4.75. The van der Waals surface area contributed by atoms with E-state index in [0.29, 0.717) is 15.2 Å². The lowest BCUT2D eigenvalue weighted by Gasteiger charge is -2.29. The van der Waals surface area contributed by atoms with E-state index in [1.54, 1.807) is 30.3 Å². The molecule has 2 aromatic rings. The van der Waals surface area contributed by atoms with E-state index in [1.807, 2.05) is 0 Å². The smallest absolute Gasteiger partial charge is 0.247 e. The minimum atomic E-state index is -1.39. The highest BCUT2D eigenvalue weighted by Crippen LogP contribution is 2.30. The van der Waals surface area contributed by atoms with Crippen LogP contribution in [0.25, 0.3) is 0 Å². The van der Waals surface area contributed by atoms with E-state index in [1.165, 1.54) is 19.1 Å². The van der Waals surface area contributed by atoms with Gasteiger partial charge in [-0.2, -0.15) is 0 Å². The molecule has 110 valence electrons. The number of nitrogens with two attached hydrogens (primary N) is 1. The molecule has 0 aliphatic heterocycles. The van der Waals surface area contributed by atoms with E-state index in [4.69, 9.17) is 17.3 Å². The third-order valence-electron chi connectivity index (χ3n) is 3.18. The van der Waals surface area contributed by atoms with Gasteiger partial charge in [0.15, 0.2) is 0 Å². The lowest BCUT2D eigenvalue weighted by molar-refractivity contribution is -0.122. The number of hydrogen-bond donors (Lipinski definition) is 2. The van der Waals surface area contributed by atoms with E-state index in [-0.39, 0.29) is 5.56 Å². The van der Waals surface area contributed by atoms with Crippen molar-refractivity contribution < 1.29 is 9.18 Å². The molecule has 3 nitrogen and oxygen atoms in total.